The highest BCUT2D eigenvalue weighted by molar-refractivity contribution is 6.29. The van der Waals surface area contributed by atoms with Gasteiger partial charge in [-0.15, -0.1) is 0 Å². The summed E-state index contributed by atoms with van der Waals surface area (Å²) < 4.78 is 0. The zero-order valence-electron chi connectivity index (χ0n) is 8.95. The average molecular weight is 240 g/mol. The second kappa shape index (κ2) is 5.25. The highest BCUT2D eigenvalue weighted by atomic mass is 35.5. The third kappa shape index (κ3) is 3.17. The van der Waals surface area contributed by atoms with E-state index in [0.29, 0.717) is 23.3 Å². The van der Waals surface area contributed by atoms with Gasteiger partial charge in [-0.05, 0) is 18.8 Å². The summed E-state index contributed by atoms with van der Waals surface area (Å²) in [6.07, 6.45) is 6.75. The Morgan fingerprint density at radius 3 is 2.88 bits per heavy atom. The van der Waals surface area contributed by atoms with E-state index in [-0.39, 0.29) is 5.91 Å². The molecule has 0 aliphatic heterocycles. The van der Waals surface area contributed by atoms with Gasteiger partial charge < -0.3 is 5.32 Å². The molecule has 0 unspecified atom stereocenters. The third-order valence-electron chi connectivity index (χ3n) is 2.85. The van der Waals surface area contributed by atoms with Crippen LogP contribution < -0.4 is 5.32 Å². The van der Waals surface area contributed by atoms with Crippen molar-refractivity contribution in [2.45, 2.75) is 32.1 Å². The van der Waals surface area contributed by atoms with Gasteiger partial charge in [0, 0.05) is 12.5 Å². The van der Waals surface area contributed by atoms with Crippen LogP contribution in [0.15, 0.2) is 12.4 Å². The molecule has 0 bridgehead atoms. The number of nitrogens with zero attached hydrogens (tertiary/aromatic N) is 2. The standard InChI is InChI=1S/C11H14ClN3O/c12-9-6-10(14-7-13-9)15-11(16)5-8-3-1-2-4-8/h6-8H,1-5H2,(H,13,14,15,16). The number of hydrogen-bond donors (Lipinski definition) is 1. The average Bonchev–Trinajstić information content (AvgIpc) is 2.70. The number of amides is 1. The SMILES string of the molecule is O=C(CC1CCCC1)Nc1cc(Cl)ncn1. The van der Waals surface area contributed by atoms with Crippen LogP contribution in [0.3, 0.4) is 0 Å². The zero-order chi connectivity index (χ0) is 11.4. The van der Waals surface area contributed by atoms with Crippen molar-refractivity contribution in [3.8, 4) is 0 Å². The molecular weight excluding hydrogens is 226 g/mol. The maximum absolute atomic E-state index is 11.7. The molecule has 1 fully saturated rings. The number of carbonyl (C=O) groups is 1. The van der Waals surface area contributed by atoms with Crippen molar-refractivity contribution < 1.29 is 4.79 Å². The lowest BCUT2D eigenvalue weighted by molar-refractivity contribution is -0.117. The molecule has 5 heteroatoms. The van der Waals surface area contributed by atoms with E-state index in [4.69, 9.17) is 11.6 Å². The first-order valence-corrected chi connectivity index (χ1v) is 5.89. The minimum Gasteiger partial charge on any atom is -0.311 e. The first-order valence-electron chi connectivity index (χ1n) is 5.51. The lowest BCUT2D eigenvalue weighted by Gasteiger charge is -2.08. The molecular formula is C11H14ClN3O. The number of rotatable bonds is 3. The monoisotopic (exact) mass is 239 g/mol. The predicted molar refractivity (Wildman–Crippen MR) is 62.2 cm³/mol. The van der Waals surface area contributed by atoms with E-state index in [1.807, 2.05) is 0 Å². The minimum absolute atomic E-state index is 0.0154. The number of hydrogen-bond acceptors (Lipinski definition) is 3. The van der Waals surface area contributed by atoms with Crippen LogP contribution in [-0.2, 0) is 4.79 Å². The van der Waals surface area contributed by atoms with Gasteiger partial charge in [0.2, 0.25) is 5.91 Å². The van der Waals surface area contributed by atoms with Gasteiger partial charge in [-0.25, -0.2) is 9.97 Å². The Morgan fingerprint density at radius 2 is 2.19 bits per heavy atom. The van der Waals surface area contributed by atoms with Crippen LogP contribution >= 0.6 is 11.6 Å². The highest BCUT2D eigenvalue weighted by Gasteiger charge is 2.18. The molecule has 1 aromatic heterocycles. The molecule has 1 heterocycles. The first-order chi connectivity index (χ1) is 7.74. The Kier molecular flexibility index (Phi) is 3.72. The van der Waals surface area contributed by atoms with E-state index in [1.165, 1.54) is 19.2 Å². The van der Waals surface area contributed by atoms with Crippen molar-refractivity contribution in [1.29, 1.82) is 0 Å². The zero-order valence-corrected chi connectivity index (χ0v) is 9.70. The highest BCUT2D eigenvalue weighted by Crippen LogP contribution is 2.27. The van der Waals surface area contributed by atoms with Crippen LogP contribution in [-0.4, -0.2) is 15.9 Å². The van der Waals surface area contributed by atoms with Crippen molar-refractivity contribution in [3.63, 3.8) is 0 Å². The van der Waals surface area contributed by atoms with E-state index in [2.05, 4.69) is 15.3 Å². The van der Waals surface area contributed by atoms with Crippen molar-refractivity contribution in [2.24, 2.45) is 5.92 Å². The fraction of sp³-hybridized carbons (Fsp3) is 0.545. The summed E-state index contributed by atoms with van der Waals surface area (Å²) in [6, 6.07) is 1.55. The van der Waals surface area contributed by atoms with Gasteiger partial charge in [0.25, 0.3) is 0 Å². The molecule has 4 nitrogen and oxygen atoms in total. The molecule has 0 radical (unpaired) electrons. The molecule has 0 spiro atoms. The van der Waals surface area contributed by atoms with Crippen molar-refractivity contribution in [3.05, 3.63) is 17.5 Å². The van der Waals surface area contributed by atoms with Crippen LogP contribution in [0, 0.1) is 5.92 Å². The Balaban J connectivity index is 1.86. The van der Waals surface area contributed by atoms with E-state index in [9.17, 15) is 4.79 Å². The summed E-state index contributed by atoms with van der Waals surface area (Å²) in [5.41, 5.74) is 0. The van der Waals surface area contributed by atoms with E-state index >= 15 is 0 Å². The Labute approximate surface area is 99.4 Å². The van der Waals surface area contributed by atoms with Crippen molar-refractivity contribution in [2.75, 3.05) is 5.32 Å². The molecule has 86 valence electrons. The normalized spacial score (nSPS) is 16.3. The quantitative estimate of drug-likeness (QED) is 0.825. The molecule has 1 saturated carbocycles. The van der Waals surface area contributed by atoms with Crippen LogP contribution in [0.25, 0.3) is 0 Å². The molecule has 0 atom stereocenters. The third-order valence-corrected chi connectivity index (χ3v) is 3.06. The van der Waals surface area contributed by atoms with Crippen LogP contribution in [0.4, 0.5) is 5.82 Å². The smallest absolute Gasteiger partial charge is 0.225 e. The molecule has 0 aromatic carbocycles. The maximum Gasteiger partial charge on any atom is 0.225 e. The molecule has 1 N–H and O–H groups in total. The fourth-order valence-corrected chi connectivity index (χ4v) is 2.22. The molecule has 16 heavy (non-hydrogen) atoms. The second-order valence-electron chi connectivity index (χ2n) is 4.13. The fourth-order valence-electron chi connectivity index (χ4n) is 2.07. The van der Waals surface area contributed by atoms with E-state index in [0.717, 1.165) is 12.8 Å². The topological polar surface area (TPSA) is 54.9 Å². The van der Waals surface area contributed by atoms with Crippen LogP contribution in [0.2, 0.25) is 5.15 Å². The second-order valence-corrected chi connectivity index (χ2v) is 4.52. The van der Waals surface area contributed by atoms with Crippen molar-refractivity contribution >= 4 is 23.3 Å². The van der Waals surface area contributed by atoms with Gasteiger partial charge >= 0.3 is 0 Å². The lowest BCUT2D eigenvalue weighted by atomic mass is 10.0. The maximum atomic E-state index is 11.7. The largest absolute Gasteiger partial charge is 0.311 e. The Hall–Kier alpha value is -1.16. The van der Waals surface area contributed by atoms with Gasteiger partial charge in [-0.2, -0.15) is 0 Å². The van der Waals surface area contributed by atoms with Gasteiger partial charge in [0.15, 0.2) is 0 Å². The molecule has 0 saturated heterocycles. The molecule has 1 aliphatic carbocycles. The molecule has 2 rings (SSSR count). The number of carbonyl (C=O) groups excluding carboxylic acids is 1. The Morgan fingerprint density at radius 1 is 1.44 bits per heavy atom. The van der Waals surface area contributed by atoms with Crippen molar-refractivity contribution in [1.82, 2.24) is 9.97 Å². The summed E-state index contributed by atoms with van der Waals surface area (Å²) in [7, 11) is 0. The van der Waals surface area contributed by atoms with E-state index in [1.54, 1.807) is 6.07 Å². The molecule has 1 aliphatic rings. The number of halogens is 1. The molecule has 1 amide bonds. The van der Waals surface area contributed by atoms with Crippen LogP contribution in [0.1, 0.15) is 32.1 Å². The van der Waals surface area contributed by atoms with Gasteiger partial charge in [-0.1, -0.05) is 24.4 Å². The van der Waals surface area contributed by atoms with E-state index < -0.39 is 0 Å². The van der Waals surface area contributed by atoms with Gasteiger partial charge in [0.05, 0.1) is 0 Å². The first kappa shape index (κ1) is 11.3. The van der Waals surface area contributed by atoms with Gasteiger partial charge in [-0.3, -0.25) is 4.79 Å². The summed E-state index contributed by atoms with van der Waals surface area (Å²) in [5, 5.41) is 3.07. The molecule has 1 aromatic rings. The predicted octanol–water partition coefficient (Wildman–Crippen LogP) is 2.65. The number of nitrogens with one attached hydrogen (secondary N) is 1. The number of aromatic nitrogens is 2. The van der Waals surface area contributed by atoms with Crippen LogP contribution in [0.5, 0.6) is 0 Å². The summed E-state index contributed by atoms with van der Waals surface area (Å²) in [6.45, 7) is 0. The lowest BCUT2D eigenvalue weighted by Crippen LogP contribution is -2.15. The van der Waals surface area contributed by atoms with Gasteiger partial charge in [0.1, 0.15) is 17.3 Å². The summed E-state index contributed by atoms with van der Waals surface area (Å²) in [4.78, 5) is 19.3. The summed E-state index contributed by atoms with van der Waals surface area (Å²) in [5.74, 6) is 1.03. The number of anilines is 1. The minimum atomic E-state index is 0.0154. The Bertz CT molecular complexity index is 377. The summed E-state index contributed by atoms with van der Waals surface area (Å²) >= 11 is 5.70.